The minimum absolute atomic E-state index is 0.156. The van der Waals surface area contributed by atoms with Gasteiger partial charge in [-0.3, -0.25) is 9.59 Å². The van der Waals surface area contributed by atoms with Crippen LogP contribution in [-0.4, -0.2) is 142 Å². The fraction of sp³-hybridized carbons (Fsp3) is 0.895. The van der Waals surface area contributed by atoms with Gasteiger partial charge in [0.25, 0.3) is 0 Å². The van der Waals surface area contributed by atoms with Crippen LogP contribution in [0.15, 0.2) is 12.2 Å². The fourth-order valence-electron chi connectivity index (χ4n) is 6.07. The average molecular weight is 765 g/mol. The number of allylic oxidation sites excluding steroid dienone is 2. The first-order chi connectivity index (χ1) is 25.5. The highest BCUT2D eigenvalue weighted by atomic mass is 16.7. The van der Waals surface area contributed by atoms with Gasteiger partial charge in [0, 0.05) is 12.8 Å². The van der Waals surface area contributed by atoms with Gasteiger partial charge in [-0.25, -0.2) is 0 Å². The Balaban J connectivity index is 1.81. The van der Waals surface area contributed by atoms with Crippen LogP contribution < -0.4 is 0 Å². The van der Waals surface area contributed by atoms with Crippen molar-refractivity contribution in [3.8, 4) is 0 Å². The van der Waals surface area contributed by atoms with Crippen LogP contribution in [0, 0.1) is 0 Å². The van der Waals surface area contributed by atoms with Gasteiger partial charge in [-0.1, -0.05) is 83.8 Å². The zero-order valence-corrected chi connectivity index (χ0v) is 31.8. The molecule has 2 aliphatic heterocycles. The molecule has 2 heterocycles. The van der Waals surface area contributed by atoms with E-state index < -0.39 is 92.7 Å². The van der Waals surface area contributed by atoms with Crippen LogP contribution in [0.1, 0.15) is 123 Å². The monoisotopic (exact) mass is 764 g/mol. The van der Waals surface area contributed by atoms with E-state index in [2.05, 4.69) is 19.1 Å². The molecule has 2 aliphatic rings. The van der Waals surface area contributed by atoms with Crippen molar-refractivity contribution in [1.29, 1.82) is 0 Å². The third-order valence-electron chi connectivity index (χ3n) is 9.49. The van der Waals surface area contributed by atoms with Gasteiger partial charge in [-0.15, -0.1) is 0 Å². The minimum Gasteiger partial charge on any atom is -0.462 e. The Hall–Kier alpha value is -1.76. The number of esters is 2. The van der Waals surface area contributed by atoms with E-state index >= 15 is 0 Å². The Morgan fingerprint density at radius 2 is 1.09 bits per heavy atom. The van der Waals surface area contributed by atoms with Crippen molar-refractivity contribution in [3.63, 3.8) is 0 Å². The predicted molar refractivity (Wildman–Crippen MR) is 192 cm³/mol. The van der Waals surface area contributed by atoms with Crippen molar-refractivity contribution in [3.05, 3.63) is 12.2 Å². The standard InChI is InChI=1S/C38H68O15/c1-3-5-7-8-9-10-11-12-13-14-15-16-17-18-19-21-30(41)51-26(23-48-29(40)20-6-4-2)24-49-37-36(47)34(45)32(43)28(53-37)25-50-38-35(46)33(44)31(42)27(22-39)52-38/h12-13,26-28,31-39,42-47H,3-11,14-25H2,1-2H3/b13-12-. The van der Waals surface area contributed by atoms with E-state index in [0.717, 1.165) is 44.9 Å². The van der Waals surface area contributed by atoms with E-state index in [1.165, 1.54) is 38.5 Å². The van der Waals surface area contributed by atoms with Crippen molar-refractivity contribution in [2.24, 2.45) is 0 Å². The van der Waals surface area contributed by atoms with Crippen LogP contribution in [-0.2, 0) is 38.0 Å². The summed E-state index contributed by atoms with van der Waals surface area (Å²) in [6.07, 6.45) is 4.10. The number of carbonyl (C=O) groups is 2. The van der Waals surface area contributed by atoms with Gasteiger partial charge in [0.05, 0.1) is 19.8 Å². The maximum Gasteiger partial charge on any atom is 0.306 e. The van der Waals surface area contributed by atoms with Crippen molar-refractivity contribution < 1.29 is 73.8 Å². The molecule has 310 valence electrons. The highest BCUT2D eigenvalue weighted by Gasteiger charge is 2.47. The van der Waals surface area contributed by atoms with Crippen LogP contribution in [0.25, 0.3) is 0 Å². The maximum absolute atomic E-state index is 12.7. The Bertz CT molecular complexity index is 997. The second kappa shape index (κ2) is 27.8. The van der Waals surface area contributed by atoms with Crippen LogP contribution in [0.3, 0.4) is 0 Å². The third-order valence-corrected chi connectivity index (χ3v) is 9.49. The lowest BCUT2D eigenvalue weighted by atomic mass is 9.98. The molecule has 15 nitrogen and oxygen atoms in total. The first kappa shape index (κ1) is 47.4. The summed E-state index contributed by atoms with van der Waals surface area (Å²) >= 11 is 0. The summed E-state index contributed by atoms with van der Waals surface area (Å²) in [6.45, 7) is 2.26. The molecule has 0 aromatic heterocycles. The highest BCUT2D eigenvalue weighted by Crippen LogP contribution is 2.26. The number of hydrogen-bond donors (Lipinski definition) is 7. The Morgan fingerprint density at radius 3 is 1.70 bits per heavy atom. The largest absolute Gasteiger partial charge is 0.462 e. The van der Waals surface area contributed by atoms with Crippen molar-refractivity contribution >= 4 is 11.9 Å². The second-order valence-electron chi connectivity index (χ2n) is 14.1. The van der Waals surface area contributed by atoms with Crippen molar-refractivity contribution in [2.45, 2.75) is 191 Å². The van der Waals surface area contributed by atoms with Crippen LogP contribution in [0.2, 0.25) is 0 Å². The number of carbonyl (C=O) groups excluding carboxylic acids is 2. The molecule has 0 saturated carbocycles. The first-order valence-corrected chi connectivity index (χ1v) is 19.8. The number of hydrogen-bond acceptors (Lipinski definition) is 15. The molecule has 2 fully saturated rings. The topological polar surface area (TPSA) is 231 Å². The molecule has 0 aromatic carbocycles. The molecular formula is C38H68O15. The van der Waals surface area contributed by atoms with Gasteiger partial charge < -0.3 is 64.2 Å². The molecule has 2 rings (SSSR count). The molecule has 15 heteroatoms. The Kier molecular flexibility index (Phi) is 24.8. The molecule has 11 unspecified atom stereocenters. The average Bonchev–Trinajstić information content (AvgIpc) is 3.15. The van der Waals surface area contributed by atoms with E-state index in [1.807, 2.05) is 6.92 Å². The van der Waals surface area contributed by atoms with E-state index in [4.69, 9.17) is 28.4 Å². The lowest BCUT2D eigenvalue weighted by Gasteiger charge is -2.42. The third kappa shape index (κ3) is 18.2. The number of ether oxygens (including phenoxy) is 6. The number of rotatable bonds is 28. The fourth-order valence-corrected chi connectivity index (χ4v) is 6.07. The van der Waals surface area contributed by atoms with Crippen molar-refractivity contribution in [1.82, 2.24) is 0 Å². The summed E-state index contributed by atoms with van der Waals surface area (Å²) in [5, 5.41) is 71.3. The summed E-state index contributed by atoms with van der Waals surface area (Å²) in [5.74, 6) is -0.977. The van der Waals surface area contributed by atoms with Gasteiger partial charge in [-0.2, -0.15) is 0 Å². The van der Waals surface area contributed by atoms with E-state index in [0.29, 0.717) is 12.8 Å². The van der Waals surface area contributed by atoms with E-state index in [9.17, 15) is 45.3 Å². The molecule has 53 heavy (non-hydrogen) atoms. The summed E-state index contributed by atoms with van der Waals surface area (Å²) in [7, 11) is 0. The molecule has 2 saturated heterocycles. The predicted octanol–water partition coefficient (Wildman–Crippen LogP) is 2.31. The molecule has 0 spiro atoms. The molecule has 0 amide bonds. The SMILES string of the molecule is CCCCCCCC/C=C\CCCCCCCC(=O)OC(COC(=O)CCCC)COC1OC(COC2OC(CO)C(O)C(O)C2O)C(O)C(O)C1O. The van der Waals surface area contributed by atoms with Crippen molar-refractivity contribution in [2.75, 3.05) is 26.4 Å². The zero-order chi connectivity index (χ0) is 39.0. The lowest BCUT2D eigenvalue weighted by molar-refractivity contribution is -0.332. The summed E-state index contributed by atoms with van der Waals surface area (Å²) < 4.78 is 32.9. The normalized spacial score (nSPS) is 29.7. The number of aliphatic hydroxyl groups excluding tert-OH is 7. The smallest absolute Gasteiger partial charge is 0.306 e. The molecule has 0 aliphatic carbocycles. The maximum atomic E-state index is 12.7. The summed E-state index contributed by atoms with van der Waals surface area (Å²) in [6, 6.07) is 0. The van der Waals surface area contributed by atoms with E-state index in [1.54, 1.807) is 0 Å². The van der Waals surface area contributed by atoms with Gasteiger partial charge in [0.2, 0.25) is 0 Å². The van der Waals surface area contributed by atoms with E-state index in [-0.39, 0.29) is 26.1 Å². The quantitative estimate of drug-likeness (QED) is 0.0344. The van der Waals surface area contributed by atoms with Gasteiger partial charge in [0.1, 0.15) is 55.4 Å². The molecule has 11 atom stereocenters. The lowest BCUT2D eigenvalue weighted by Crippen LogP contribution is -2.61. The minimum atomic E-state index is -1.76. The zero-order valence-electron chi connectivity index (χ0n) is 31.8. The molecule has 7 N–H and O–H groups in total. The molecular weight excluding hydrogens is 696 g/mol. The molecule has 0 aromatic rings. The van der Waals surface area contributed by atoms with Gasteiger partial charge >= 0.3 is 11.9 Å². The van der Waals surface area contributed by atoms with Gasteiger partial charge in [-0.05, 0) is 38.5 Å². The van der Waals surface area contributed by atoms with Crippen LogP contribution >= 0.6 is 0 Å². The molecule has 0 bridgehead atoms. The first-order valence-electron chi connectivity index (χ1n) is 19.8. The summed E-state index contributed by atoms with van der Waals surface area (Å²) in [5.41, 5.74) is 0. The Labute approximate surface area is 314 Å². The summed E-state index contributed by atoms with van der Waals surface area (Å²) in [4.78, 5) is 24.9. The number of unbranched alkanes of at least 4 members (excludes halogenated alkanes) is 12. The second-order valence-corrected chi connectivity index (χ2v) is 14.1. The Morgan fingerprint density at radius 1 is 0.585 bits per heavy atom. The van der Waals surface area contributed by atoms with Gasteiger partial charge in [0.15, 0.2) is 18.7 Å². The van der Waals surface area contributed by atoms with Crippen LogP contribution in [0.5, 0.6) is 0 Å². The molecule has 0 radical (unpaired) electrons. The van der Waals surface area contributed by atoms with Crippen LogP contribution in [0.4, 0.5) is 0 Å². The highest BCUT2D eigenvalue weighted by molar-refractivity contribution is 5.70. The number of aliphatic hydroxyl groups is 7.